The first-order valence-electron chi connectivity index (χ1n) is 6.29. The molecule has 1 aromatic rings. The van der Waals surface area contributed by atoms with Crippen molar-refractivity contribution < 1.29 is 4.79 Å². The predicted molar refractivity (Wildman–Crippen MR) is 75.5 cm³/mol. The molecule has 3 N–H and O–H groups in total. The minimum absolute atomic E-state index is 0.00965. The van der Waals surface area contributed by atoms with Crippen LogP contribution in [0.1, 0.15) is 20.8 Å². The number of hydrogen-bond donors (Lipinski definition) is 2. The first-order chi connectivity index (χ1) is 8.49. The van der Waals surface area contributed by atoms with Crippen LogP contribution in [0.15, 0.2) is 30.3 Å². The molecule has 100 valence electrons. The Morgan fingerprint density at radius 2 is 1.94 bits per heavy atom. The lowest BCUT2D eigenvalue weighted by Crippen LogP contribution is -2.51. The molecular weight excluding hydrogens is 226 g/mol. The highest BCUT2D eigenvalue weighted by Gasteiger charge is 2.25. The summed E-state index contributed by atoms with van der Waals surface area (Å²) in [5.41, 5.74) is 6.40. The molecule has 18 heavy (non-hydrogen) atoms. The fourth-order valence-corrected chi connectivity index (χ4v) is 1.78. The lowest BCUT2D eigenvalue weighted by atomic mass is 10.0. The molecule has 1 aromatic carbocycles. The van der Waals surface area contributed by atoms with Gasteiger partial charge in [-0.05, 0) is 32.5 Å². The van der Waals surface area contributed by atoms with E-state index in [1.54, 1.807) is 0 Å². The molecule has 0 aromatic heterocycles. The molecule has 0 heterocycles. The van der Waals surface area contributed by atoms with Gasteiger partial charge in [-0.15, -0.1) is 0 Å². The van der Waals surface area contributed by atoms with E-state index in [2.05, 4.69) is 10.2 Å². The highest BCUT2D eigenvalue weighted by molar-refractivity contribution is 5.92. The lowest BCUT2D eigenvalue weighted by molar-refractivity contribution is -0.118. The van der Waals surface area contributed by atoms with Crippen LogP contribution in [0.3, 0.4) is 0 Å². The number of benzene rings is 1. The van der Waals surface area contributed by atoms with Gasteiger partial charge >= 0.3 is 0 Å². The quantitative estimate of drug-likeness (QED) is 0.806. The highest BCUT2D eigenvalue weighted by atomic mass is 16.2. The van der Waals surface area contributed by atoms with E-state index in [0.717, 1.165) is 12.2 Å². The summed E-state index contributed by atoms with van der Waals surface area (Å²) >= 11 is 0. The van der Waals surface area contributed by atoms with E-state index in [-0.39, 0.29) is 11.4 Å². The molecule has 0 saturated carbocycles. The number of likely N-dealkylation sites (N-methyl/N-ethyl adjacent to an activating group) is 1. The average Bonchev–Trinajstić information content (AvgIpc) is 2.37. The van der Waals surface area contributed by atoms with Crippen molar-refractivity contribution >= 4 is 11.6 Å². The van der Waals surface area contributed by atoms with Crippen LogP contribution in [0.25, 0.3) is 0 Å². The van der Waals surface area contributed by atoms with E-state index in [0.29, 0.717) is 13.1 Å². The van der Waals surface area contributed by atoms with Crippen LogP contribution < -0.4 is 11.1 Å². The van der Waals surface area contributed by atoms with Crippen molar-refractivity contribution in [2.75, 3.05) is 25.0 Å². The summed E-state index contributed by atoms with van der Waals surface area (Å²) in [7, 11) is 0. The molecule has 1 rings (SSSR count). The Hall–Kier alpha value is -1.39. The average molecular weight is 249 g/mol. The second-order valence-corrected chi connectivity index (χ2v) is 4.94. The molecule has 0 bridgehead atoms. The molecule has 0 unspecified atom stereocenters. The summed E-state index contributed by atoms with van der Waals surface area (Å²) in [6.45, 7) is 7.81. The number of carbonyl (C=O) groups excluding carboxylic acids is 1. The summed E-state index contributed by atoms with van der Waals surface area (Å²) in [5.74, 6) is -0.00965. The van der Waals surface area contributed by atoms with E-state index in [1.807, 2.05) is 51.1 Å². The van der Waals surface area contributed by atoms with Crippen molar-refractivity contribution in [2.24, 2.45) is 5.73 Å². The normalized spacial score (nSPS) is 11.6. The SMILES string of the molecule is CCN(CC(=O)Nc1ccccc1)C(C)(C)CN. The number of carbonyl (C=O) groups is 1. The summed E-state index contributed by atoms with van der Waals surface area (Å²) in [6, 6.07) is 9.48. The third-order valence-corrected chi connectivity index (χ3v) is 3.13. The molecule has 1 amide bonds. The summed E-state index contributed by atoms with van der Waals surface area (Å²) in [6.07, 6.45) is 0. The molecule has 0 aliphatic carbocycles. The zero-order valence-corrected chi connectivity index (χ0v) is 11.4. The van der Waals surface area contributed by atoms with E-state index in [4.69, 9.17) is 5.73 Å². The van der Waals surface area contributed by atoms with Crippen LogP contribution >= 0.6 is 0 Å². The van der Waals surface area contributed by atoms with E-state index in [1.165, 1.54) is 0 Å². The molecule has 4 heteroatoms. The Morgan fingerprint density at radius 1 is 1.33 bits per heavy atom. The Labute approximate surface area is 109 Å². The van der Waals surface area contributed by atoms with Gasteiger partial charge in [0.15, 0.2) is 0 Å². The number of rotatable bonds is 6. The van der Waals surface area contributed by atoms with Crippen LogP contribution in [0.5, 0.6) is 0 Å². The number of anilines is 1. The van der Waals surface area contributed by atoms with Gasteiger partial charge in [0.1, 0.15) is 0 Å². The van der Waals surface area contributed by atoms with Gasteiger partial charge < -0.3 is 11.1 Å². The molecule has 0 radical (unpaired) electrons. The zero-order chi connectivity index (χ0) is 13.6. The van der Waals surface area contributed by atoms with E-state index in [9.17, 15) is 4.79 Å². The van der Waals surface area contributed by atoms with Crippen molar-refractivity contribution in [2.45, 2.75) is 26.3 Å². The molecule has 0 saturated heterocycles. The number of para-hydroxylation sites is 1. The van der Waals surface area contributed by atoms with Gasteiger partial charge in [-0.3, -0.25) is 9.69 Å². The van der Waals surface area contributed by atoms with Gasteiger partial charge in [0, 0.05) is 17.8 Å². The number of nitrogens with one attached hydrogen (secondary N) is 1. The maximum atomic E-state index is 12.0. The lowest BCUT2D eigenvalue weighted by Gasteiger charge is -2.36. The van der Waals surface area contributed by atoms with Gasteiger partial charge in [-0.1, -0.05) is 25.1 Å². The maximum Gasteiger partial charge on any atom is 0.238 e. The summed E-state index contributed by atoms with van der Waals surface area (Å²) < 4.78 is 0. The highest BCUT2D eigenvalue weighted by Crippen LogP contribution is 2.12. The van der Waals surface area contributed by atoms with Gasteiger partial charge in [-0.2, -0.15) is 0 Å². The Kier molecular flexibility index (Phi) is 5.31. The molecule has 4 nitrogen and oxygen atoms in total. The smallest absolute Gasteiger partial charge is 0.238 e. The minimum Gasteiger partial charge on any atom is -0.329 e. The topological polar surface area (TPSA) is 58.4 Å². The Morgan fingerprint density at radius 3 is 2.44 bits per heavy atom. The van der Waals surface area contributed by atoms with Gasteiger partial charge in [0.2, 0.25) is 5.91 Å². The number of nitrogens with two attached hydrogens (primary N) is 1. The molecule has 0 atom stereocenters. The van der Waals surface area contributed by atoms with Crippen LogP contribution in [-0.4, -0.2) is 36.0 Å². The predicted octanol–water partition coefficient (Wildman–Crippen LogP) is 1.68. The van der Waals surface area contributed by atoms with Crippen LogP contribution in [0.2, 0.25) is 0 Å². The Balaban J connectivity index is 2.58. The maximum absolute atomic E-state index is 12.0. The molecule has 0 aliphatic rings. The van der Waals surface area contributed by atoms with Crippen molar-refractivity contribution in [3.8, 4) is 0 Å². The standard InChI is InChI=1S/C14H23N3O/c1-4-17(14(2,3)11-15)10-13(18)16-12-8-6-5-7-9-12/h5-9H,4,10-11,15H2,1-3H3,(H,16,18). The number of nitrogens with zero attached hydrogens (tertiary/aromatic N) is 1. The number of hydrogen-bond acceptors (Lipinski definition) is 3. The molecular formula is C14H23N3O. The van der Waals surface area contributed by atoms with Crippen LogP contribution in [0.4, 0.5) is 5.69 Å². The second-order valence-electron chi connectivity index (χ2n) is 4.94. The second kappa shape index (κ2) is 6.52. The minimum atomic E-state index is -0.164. The molecule has 0 spiro atoms. The van der Waals surface area contributed by atoms with Gasteiger partial charge in [0.05, 0.1) is 6.54 Å². The number of amides is 1. The van der Waals surface area contributed by atoms with E-state index >= 15 is 0 Å². The van der Waals surface area contributed by atoms with Crippen molar-refractivity contribution in [1.29, 1.82) is 0 Å². The van der Waals surface area contributed by atoms with Crippen molar-refractivity contribution in [3.05, 3.63) is 30.3 Å². The van der Waals surface area contributed by atoms with E-state index < -0.39 is 0 Å². The van der Waals surface area contributed by atoms with Gasteiger partial charge in [0.25, 0.3) is 0 Å². The third kappa shape index (κ3) is 4.13. The molecule has 0 fully saturated rings. The van der Waals surface area contributed by atoms with Crippen LogP contribution in [0, 0.1) is 0 Å². The van der Waals surface area contributed by atoms with Gasteiger partial charge in [-0.25, -0.2) is 0 Å². The first-order valence-corrected chi connectivity index (χ1v) is 6.29. The van der Waals surface area contributed by atoms with Crippen molar-refractivity contribution in [1.82, 2.24) is 4.90 Å². The summed E-state index contributed by atoms with van der Waals surface area (Å²) in [5, 5.41) is 2.88. The van der Waals surface area contributed by atoms with Crippen molar-refractivity contribution in [3.63, 3.8) is 0 Å². The first kappa shape index (κ1) is 14.7. The zero-order valence-electron chi connectivity index (χ0n) is 11.4. The largest absolute Gasteiger partial charge is 0.329 e. The molecule has 0 aliphatic heterocycles. The van der Waals surface area contributed by atoms with Crippen LogP contribution in [-0.2, 0) is 4.79 Å². The fraction of sp³-hybridized carbons (Fsp3) is 0.500. The summed E-state index contributed by atoms with van der Waals surface area (Å²) in [4.78, 5) is 14.0. The monoisotopic (exact) mass is 249 g/mol. The Bertz CT molecular complexity index is 376. The fourth-order valence-electron chi connectivity index (χ4n) is 1.78. The third-order valence-electron chi connectivity index (χ3n) is 3.13.